The molecule has 31 heavy (non-hydrogen) atoms. The van der Waals surface area contributed by atoms with Gasteiger partial charge in [0.05, 0.1) is 17.3 Å². The number of pyridine rings is 1. The molecule has 2 rings (SSSR count). The van der Waals surface area contributed by atoms with Crippen molar-refractivity contribution in [1.29, 1.82) is 0 Å². The van der Waals surface area contributed by atoms with Crippen LogP contribution in [0.25, 0.3) is 0 Å². The van der Waals surface area contributed by atoms with Crippen LogP contribution < -0.4 is 15.4 Å². The molecule has 0 fully saturated rings. The predicted molar refractivity (Wildman–Crippen MR) is 114 cm³/mol. The summed E-state index contributed by atoms with van der Waals surface area (Å²) in [4.78, 5) is 28.9. The summed E-state index contributed by atoms with van der Waals surface area (Å²) in [5.74, 6) is -0.141. The highest BCUT2D eigenvalue weighted by atomic mass is 19.3. The molecule has 0 radical (unpaired) electrons. The zero-order chi connectivity index (χ0) is 23.0. The molecule has 6 nitrogen and oxygen atoms in total. The van der Waals surface area contributed by atoms with Crippen molar-refractivity contribution in [2.45, 2.75) is 46.6 Å². The molecule has 2 N–H and O–H groups in total. The van der Waals surface area contributed by atoms with E-state index in [1.54, 1.807) is 30.5 Å². The van der Waals surface area contributed by atoms with E-state index >= 15 is 0 Å². The Bertz CT molecular complexity index is 903. The van der Waals surface area contributed by atoms with Crippen LogP contribution in [0.1, 0.15) is 54.0 Å². The number of amides is 2. The fraction of sp³-hybridized carbons (Fsp3) is 0.435. The Morgan fingerprint density at radius 3 is 2.58 bits per heavy atom. The summed E-state index contributed by atoms with van der Waals surface area (Å²) in [6.07, 6.45) is -0.533. The van der Waals surface area contributed by atoms with E-state index in [4.69, 9.17) is 4.74 Å². The van der Waals surface area contributed by atoms with Crippen LogP contribution in [-0.4, -0.2) is 36.4 Å². The molecule has 0 aliphatic rings. The van der Waals surface area contributed by atoms with Gasteiger partial charge in [0, 0.05) is 25.1 Å². The first-order valence-electron chi connectivity index (χ1n) is 10.2. The number of carbonyl (C=O) groups excluding carboxylic acids is 2. The number of nitrogens with zero attached hydrogens (tertiary/aromatic N) is 1. The second kappa shape index (κ2) is 11.4. The van der Waals surface area contributed by atoms with Gasteiger partial charge in [-0.2, -0.15) is 0 Å². The number of halogens is 2. The van der Waals surface area contributed by atoms with Crippen LogP contribution in [0.2, 0.25) is 0 Å². The van der Waals surface area contributed by atoms with Crippen molar-refractivity contribution in [3.8, 4) is 5.75 Å². The van der Waals surface area contributed by atoms with E-state index in [2.05, 4.69) is 15.6 Å². The first kappa shape index (κ1) is 24.2. The van der Waals surface area contributed by atoms with Gasteiger partial charge >= 0.3 is 0 Å². The van der Waals surface area contributed by atoms with Gasteiger partial charge in [0.25, 0.3) is 12.3 Å². The lowest BCUT2D eigenvalue weighted by atomic mass is 10.0. The van der Waals surface area contributed by atoms with Crippen LogP contribution in [0.3, 0.4) is 0 Å². The predicted octanol–water partition coefficient (Wildman–Crippen LogP) is 3.84. The monoisotopic (exact) mass is 433 g/mol. The summed E-state index contributed by atoms with van der Waals surface area (Å²) in [5.41, 5.74) is 2.59. The molecular weight excluding hydrogens is 404 g/mol. The van der Waals surface area contributed by atoms with Gasteiger partial charge in [0.15, 0.2) is 0 Å². The van der Waals surface area contributed by atoms with E-state index in [1.165, 1.54) is 0 Å². The van der Waals surface area contributed by atoms with Gasteiger partial charge in [0.2, 0.25) is 5.91 Å². The number of ether oxygens (including phenoxy) is 1. The number of aromatic nitrogens is 1. The van der Waals surface area contributed by atoms with Gasteiger partial charge in [-0.25, -0.2) is 8.78 Å². The standard InChI is InChI=1S/C23H29F2N3O3/c1-14(2)22(29)27-9-7-20-19(6-5-8-26-20)23(30)28-16(4)17-10-15(3)11-18(12-17)31-13-21(24)25/h5-6,8,10-12,14,16,21H,7,9,13H2,1-4H3,(H,27,29)(H,28,30). The Morgan fingerprint density at radius 1 is 1.16 bits per heavy atom. The van der Waals surface area contributed by atoms with Crippen molar-refractivity contribution in [3.05, 3.63) is 58.9 Å². The minimum atomic E-state index is -2.56. The molecule has 1 aromatic carbocycles. The first-order chi connectivity index (χ1) is 14.7. The summed E-state index contributed by atoms with van der Waals surface area (Å²) >= 11 is 0. The van der Waals surface area contributed by atoms with Crippen LogP contribution in [0, 0.1) is 12.8 Å². The van der Waals surface area contributed by atoms with E-state index in [0.717, 1.165) is 11.1 Å². The summed E-state index contributed by atoms with van der Waals surface area (Å²) in [5, 5.41) is 5.74. The number of carbonyl (C=O) groups is 2. The maximum Gasteiger partial charge on any atom is 0.272 e. The number of hydrogen-bond acceptors (Lipinski definition) is 4. The van der Waals surface area contributed by atoms with E-state index in [1.807, 2.05) is 33.8 Å². The highest BCUT2D eigenvalue weighted by Gasteiger charge is 2.17. The highest BCUT2D eigenvalue weighted by Crippen LogP contribution is 2.23. The topological polar surface area (TPSA) is 80.3 Å². The minimum absolute atomic E-state index is 0.0557. The molecule has 1 heterocycles. The number of aryl methyl sites for hydroxylation is 1. The normalized spacial score (nSPS) is 12.0. The molecule has 0 aliphatic heterocycles. The van der Waals surface area contributed by atoms with Gasteiger partial charge in [-0.1, -0.05) is 19.9 Å². The number of alkyl halides is 2. The van der Waals surface area contributed by atoms with Crippen molar-refractivity contribution < 1.29 is 23.1 Å². The molecule has 168 valence electrons. The third-order valence-corrected chi connectivity index (χ3v) is 4.62. The maximum atomic E-state index is 12.9. The number of benzene rings is 1. The summed E-state index contributed by atoms with van der Waals surface area (Å²) in [6.45, 7) is 6.96. The van der Waals surface area contributed by atoms with Gasteiger partial charge in [-0.15, -0.1) is 0 Å². The van der Waals surface area contributed by atoms with Gasteiger partial charge in [-0.05, 0) is 49.2 Å². The van der Waals surface area contributed by atoms with Crippen molar-refractivity contribution in [3.63, 3.8) is 0 Å². The summed E-state index contributed by atoms with van der Waals surface area (Å²) < 4.78 is 30.0. The molecule has 0 saturated carbocycles. The quantitative estimate of drug-likeness (QED) is 0.597. The van der Waals surface area contributed by atoms with Crippen LogP contribution in [0.15, 0.2) is 36.5 Å². The molecule has 2 amide bonds. The number of nitrogens with one attached hydrogen (secondary N) is 2. The molecule has 0 bridgehead atoms. The lowest BCUT2D eigenvalue weighted by Gasteiger charge is -2.18. The highest BCUT2D eigenvalue weighted by molar-refractivity contribution is 5.95. The Morgan fingerprint density at radius 2 is 1.90 bits per heavy atom. The Kier molecular flexibility index (Phi) is 8.90. The van der Waals surface area contributed by atoms with Crippen molar-refractivity contribution in [2.24, 2.45) is 5.92 Å². The van der Waals surface area contributed by atoms with Crippen molar-refractivity contribution >= 4 is 11.8 Å². The lowest BCUT2D eigenvalue weighted by Crippen LogP contribution is -2.31. The van der Waals surface area contributed by atoms with Crippen LogP contribution in [0.4, 0.5) is 8.78 Å². The van der Waals surface area contributed by atoms with Crippen LogP contribution in [0.5, 0.6) is 5.75 Å². The minimum Gasteiger partial charge on any atom is -0.488 e. The Balaban J connectivity index is 2.07. The second-order valence-electron chi connectivity index (χ2n) is 7.67. The van der Waals surface area contributed by atoms with E-state index in [-0.39, 0.29) is 23.8 Å². The molecule has 8 heteroatoms. The Hall–Kier alpha value is -3.03. The van der Waals surface area contributed by atoms with E-state index in [0.29, 0.717) is 30.0 Å². The average Bonchev–Trinajstić information content (AvgIpc) is 2.71. The molecule has 0 spiro atoms. The fourth-order valence-electron chi connectivity index (χ4n) is 2.98. The number of hydrogen-bond donors (Lipinski definition) is 2. The molecule has 0 saturated heterocycles. The summed E-state index contributed by atoms with van der Waals surface area (Å²) in [7, 11) is 0. The zero-order valence-electron chi connectivity index (χ0n) is 18.2. The van der Waals surface area contributed by atoms with Gasteiger partial charge in [0.1, 0.15) is 12.4 Å². The first-order valence-corrected chi connectivity index (χ1v) is 10.2. The second-order valence-corrected chi connectivity index (χ2v) is 7.67. The summed E-state index contributed by atoms with van der Waals surface area (Å²) in [6, 6.07) is 8.17. The average molecular weight is 433 g/mol. The molecular formula is C23H29F2N3O3. The van der Waals surface area contributed by atoms with Crippen molar-refractivity contribution in [1.82, 2.24) is 15.6 Å². The molecule has 1 aromatic heterocycles. The van der Waals surface area contributed by atoms with Gasteiger partial charge < -0.3 is 15.4 Å². The van der Waals surface area contributed by atoms with E-state index < -0.39 is 13.0 Å². The van der Waals surface area contributed by atoms with E-state index in [9.17, 15) is 18.4 Å². The maximum absolute atomic E-state index is 12.9. The Labute approximate surface area is 181 Å². The molecule has 0 aliphatic carbocycles. The molecule has 1 unspecified atom stereocenters. The number of rotatable bonds is 10. The third kappa shape index (κ3) is 7.62. The van der Waals surface area contributed by atoms with Gasteiger partial charge in [-0.3, -0.25) is 14.6 Å². The zero-order valence-corrected chi connectivity index (χ0v) is 18.2. The fourth-order valence-corrected chi connectivity index (χ4v) is 2.98. The van der Waals surface area contributed by atoms with Crippen LogP contribution in [-0.2, 0) is 11.2 Å². The SMILES string of the molecule is Cc1cc(OCC(F)F)cc(C(C)NC(=O)c2cccnc2CCNC(=O)C(C)C)c1. The van der Waals surface area contributed by atoms with Crippen molar-refractivity contribution in [2.75, 3.05) is 13.2 Å². The lowest BCUT2D eigenvalue weighted by molar-refractivity contribution is -0.123. The molecule has 2 aromatic rings. The molecule has 1 atom stereocenters. The third-order valence-electron chi connectivity index (χ3n) is 4.62. The van der Waals surface area contributed by atoms with Crippen LogP contribution >= 0.6 is 0 Å². The smallest absolute Gasteiger partial charge is 0.272 e. The largest absolute Gasteiger partial charge is 0.488 e.